The Morgan fingerprint density at radius 3 is 2.76 bits per heavy atom. The number of carbonyl (C=O) groups is 1. The second kappa shape index (κ2) is 4.55. The van der Waals surface area contributed by atoms with Gasteiger partial charge in [0.25, 0.3) is 0 Å². The van der Waals surface area contributed by atoms with Gasteiger partial charge in [0.05, 0.1) is 22.7 Å². The standard InChI is InChI=1S/C12H15ClN2O2/c1-8-2-3-10(9(13)4-8)15-12(5-11(16)17)6-14-7-12/h2-4,14-15H,5-7H2,1H3,(H,16,17). The van der Waals surface area contributed by atoms with Crippen molar-refractivity contribution in [2.45, 2.75) is 18.9 Å². The Balaban J connectivity index is 2.15. The van der Waals surface area contributed by atoms with E-state index in [0.29, 0.717) is 18.1 Å². The van der Waals surface area contributed by atoms with Gasteiger partial charge in [-0.15, -0.1) is 0 Å². The second-order valence-electron chi connectivity index (χ2n) is 4.56. The fraction of sp³-hybridized carbons (Fsp3) is 0.417. The normalized spacial score (nSPS) is 17.3. The summed E-state index contributed by atoms with van der Waals surface area (Å²) in [6.45, 7) is 3.25. The van der Waals surface area contributed by atoms with Crippen LogP contribution in [0.3, 0.4) is 0 Å². The van der Waals surface area contributed by atoms with Gasteiger partial charge in [-0.1, -0.05) is 17.7 Å². The quantitative estimate of drug-likeness (QED) is 0.768. The second-order valence-corrected chi connectivity index (χ2v) is 4.97. The minimum Gasteiger partial charge on any atom is -0.481 e. The molecule has 0 aromatic heterocycles. The highest BCUT2D eigenvalue weighted by atomic mass is 35.5. The molecule has 3 N–H and O–H groups in total. The van der Waals surface area contributed by atoms with Crippen molar-refractivity contribution in [3.63, 3.8) is 0 Å². The van der Waals surface area contributed by atoms with Crippen LogP contribution < -0.4 is 10.6 Å². The lowest BCUT2D eigenvalue weighted by atomic mass is 9.88. The molecule has 1 aromatic carbocycles. The van der Waals surface area contributed by atoms with Gasteiger partial charge in [-0.05, 0) is 24.6 Å². The molecule has 0 amide bonds. The van der Waals surface area contributed by atoms with Gasteiger partial charge in [0.2, 0.25) is 0 Å². The van der Waals surface area contributed by atoms with E-state index in [9.17, 15) is 4.79 Å². The number of carboxylic acid groups (broad SMARTS) is 1. The van der Waals surface area contributed by atoms with E-state index in [4.69, 9.17) is 16.7 Å². The minimum atomic E-state index is -0.803. The largest absolute Gasteiger partial charge is 0.481 e. The summed E-state index contributed by atoms with van der Waals surface area (Å²) in [5.74, 6) is -0.803. The number of aliphatic carboxylic acids is 1. The summed E-state index contributed by atoms with van der Waals surface area (Å²) in [4.78, 5) is 10.8. The topological polar surface area (TPSA) is 61.4 Å². The SMILES string of the molecule is Cc1ccc(NC2(CC(=O)O)CNC2)c(Cl)c1. The summed E-state index contributed by atoms with van der Waals surface area (Å²) in [5.41, 5.74) is 1.46. The summed E-state index contributed by atoms with van der Waals surface area (Å²) in [5, 5.41) is 15.9. The number of anilines is 1. The lowest BCUT2D eigenvalue weighted by Crippen LogP contribution is -2.65. The molecule has 17 heavy (non-hydrogen) atoms. The maximum absolute atomic E-state index is 10.8. The molecule has 0 unspecified atom stereocenters. The van der Waals surface area contributed by atoms with Crippen molar-refractivity contribution < 1.29 is 9.90 Å². The first-order valence-electron chi connectivity index (χ1n) is 5.48. The molecular formula is C12H15ClN2O2. The zero-order chi connectivity index (χ0) is 12.5. The molecule has 0 radical (unpaired) electrons. The Hall–Kier alpha value is -1.26. The van der Waals surface area contributed by atoms with Crippen molar-refractivity contribution in [2.24, 2.45) is 0 Å². The number of benzene rings is 1. The summed E-state index contributed by atoms with van der Waals surface area (Å²) >= 11 is 6.12. The Bertz CT molecular complexity index is 444. The third kappa shape index (κ3) is 2.70. The fourth-order valence-corrected chi connectivity index (χ4v) is 2.26. The number of carboxylic acids is 1. The van der Waals surface area contributed by atoms with Gasteiger partial charge in [-0.2, -0.15) is 0 Å². The molecule has 4 nitrogen and oxygen atoms in total. The van der Waals surface area contributed by atoms with E-state index in [1.54, 1.807) is 0 Å². The summed E-state index contributed by atoms with van der Waals surface area (Å²) in [6.07, 6.45) is 0.0875. The summed E-state index contributed by atoms with van der Waals surface area (Å²) < 4.78 is 0. The number of hydrogen-bond donors (Lipinski definition) is 3. The van der Waals surface area contributed by atoms with E-state index in [1.807, 2.05) is 25.1 Å². The predicted molar refractivity (Wildman–Crippen MR) is 67.7 cm³/mol. The highest BCUT2D eigenvalue weighted by Gasteiger charge is 2.39. The number of halogens is 1. The van der Waals surface area contributed by atoms with Crippen LogP contribution in [0.1, 0.15) is 12.0 Å². The number of nitrogens with one attached hydrogen (secondary N) is 2. The Kier molecular flexibility index (Phi) is 3.26. The molecule has 1 heterocycles. The van der Waals surface area contributed by atoms with Gasteiger partial charge in [0, 0.05) is 13.1 Å². The molecule has 0 spiro atoms. The van der Waals surface area contributed by atoms with Crippen LogP contribution in [0.25, 0.3) is 0 Å². The predicted octanol–water partition coefficient (Wildman–Crippen LogP) is 1.88. The van der Waals surface area contributed by atoms with E-state index in [0.717, 1.165) is 11.3 Å². The Morgan fingerprint density at radius 2 is 2.29 bits per heavy atom. The highest BCUT2D eigenvalue weighted by Crippen LogP contribution is 2.29. The summed E-state index contributed by atoms with van der Waals surface area (Å²) in [7, 11) is 0. The highest BCUT2D eigenvalue weighted by molar-refractivity contribution is 6.33. The van der Waals surface area contributed by atoms with E-state index in [-0.39, 0.29) is 6.42 Å². The van der Waals surface area contributed by atoms with Crippen molar-refractivity contribution >= 4 is 23.3 Å². The van der Waals surface area contributed by atoms with Crippen LogP contribution in [0.5, 0.6) is 0 Å². The first-order valence-corrected chi connectivity index (χ1v) is 5.85. The van der Waals surface area contributed by atoms with Gasteiger partial charge in [0.1, 0.15) is 0 Å². The van der Waals surface area contributed by atoms with Gasteiger partial charge >= 0.3 is 5.97 Å². The zero-order valence-corrected chi connectivity index (χ0v) is 10.3. The molecular weight excluding hydrogens is 240 g/mol. The van der Waals surface area contributed by atoms with E-state index < -0.39 is 11.5 Å². The first kappa shape index (κ1) is 12.2. The van der Waals surface area contributed by atoms with Crippen LogP contribution in [-0.2, 0) is 4.79 Å². The van der Waals surface area contributed by atoms with E-state index in [2.05, 4.69) is 10.6 Å². The van der Waals surface area contributed by atoms with Crippen molar-refractivity contribution in [1.29, 1.82) is 0 Å². The Labute approximate surface area is 105 Å². The zero-order valence-electron chi connectivity index (χ0n) is 9.59. The van der Waals surface area contributed by atoms with Crippen LogP contribution in [0.15, 0.2) is 18.2 Å². The van der Waals surface area contributed by atoms with Gasteiger partial charge in [0.15, 0.2) is 0 Å². The lowest BCUT2D eigenvalue weighted by molar-refractivity contribution is -0.138. The average molecular weight is 255 g/mol. The molecule has 2 rings (SSSR count). The molecule has 1 fully saturated rings. The van der Waals surface area contributed by atoms with Gasteiger partial charge in [-0.25, -0.2) is 0 Å². The molecule has 0 atom stereocenters. The molecule has 1 saturated heterocycles. The maximum atomic E-state index is 10.8. The van der Waals surface area contributed by atoms with Crippen molar-refractivity contribution in [3.8, 4) is 0 Å². The summed E-state index contributed by atoms with van der Waals surface area (Å²) in [6, 6.07) is 5.71. The maximum Gasteiger partial charge on any atom is 0.305 e. The van der Waals surface area contributed by atoms with Gasteiger partial charge in [-0.3, -0.25) is 4.79 Å². The molecule has 0 saturated carbocycles. The number of aryl methyl sites for hydroxylation is 1. The molecule has 92 valence electrons. The first-order chi connectivity index (χ1) is 8.01. The molecule has 0 bridgehead atoms. The van der Waals surface area contributed by atoms with Crippen LogP contribution >= 0.6 is 11.6 Å². The van der Waals surface area contributed by atoms with Crippen LogP contribution in [0.4, 0.5) is 5.69 Å². The number of hydrogen-bond acceptors (Lipinski definition) is 3. The van der Waals surface area contributed by atoms with E-state index in [1.165, 1.54) is 0 Å². The Morgan fingerprint density at radius 1 is 1.59 bits per heavy atom. The van der Waals surface area contributed by atoms with Crippen LogP contribution in [0, 0.1) is 6.92 Å². The molecule has 1 aliphatic heterocycles. The lowest BCUT2D eigenvalue weighted by Gasteiger charge is -2.43. The fourth-order valence-electron chi connectivity index (χ4n) is 1.98. The molecule has 1 aromatic rings. The van der Waals surface area contributed by atoms with E-state index >= 15 is 0 Å². The molecule has 0 aliphatic carbocycles. The van der Waals surface area contributed by atoms with Crippen molar-refractivity contribution in [3.05, 3.63) is 28.8 Å². The minimum absolute atomic E-state index is 0.0875. The van der Waals surface area contributed by atoms with Gasteiger partial charge < -0.3 is 15.7 Å². The number of rotatable bonds is 4. The third-order valence-electron chi connectivity index (χ3n) is 2.94. The average Bonchev–Trinajstić information content (AvgIpc) is 2.18. The molecule has 5 heteroatoms. The van der Waals surface area contributed by atoms with Crippen molar-refractivity contribution in [2.75, 3.05) is 18.4 Å². The smallest absolute Gasteiger partial charge is 0.305 e. The van der Waals surface area contributed by atoms with Crippen molar-refractivity contribution in [1.82, 2.24) is 5.32 Å². The molecule has 1 aliphatic rings. The third-order valence-corrected chi connectivity index (χ3v) is 3.25. The van der Waals surface area contributed by atoms with Crippen LogP contribution in [-0.4, -0.2) is 29.7 Å². The monoisotopic (exact) mass is 254 g/mol. The van der Waals surface area contributed by atoms with Crippen LogP contribution in [0.2, 0.25) is 5.02 Å².